The third-order valence-corrected chi connectivity index (χ3v) is 4.63. The SMILES string of the molecule is COc1ccc(CCN2CC(C(=O)Nc3cccnc3)CC2=O)cc1OC. The topological polar surface area (TPSA) is 80.8 Å². The number of methoxy groups -OCH3 is 2. The van der Waals surface area contributed by atoms with Crippen molar-refractivity contribution in [2.45, 2.75) is 12.8 Å². The number of anilines is 1. The number of nitrogens with zero attached hydrogens (tertiary/aromatic N) is 2. The number of nitrogens with one attached hydrogen (secondary N) is 1. The quantitative estimate of drug-likeness (QED) is 0.809. The van der Waals surface area contributed by atoms with Crippen LogP contribution in [0.1, 0.15) is 12.0 Å². The number of rotatable bonds is 7. The Bertz CT molecular complexity index is 810. The summed E-state index contributed by atoms with van der Waals surface area (Å²) < 4.78 is 10.5. The van der Waals surface area contributed by atoms with Crippen molar-refractivity contribution in [2.75, 3.05) is 32.6 Å². The highest BCUT2D eigenvalue weighted by atomic mass is 16.5. The normalized spacial score (nSPS) is 16.3. The summed E-state index contributed by atoms with van der Waals surface area (Å²) in [6.45, 7) is 0.989. The molecule has 7 nitrogen and oxygen atoms in total. The van der Waals surface area contributed by atoms with Gasteiger partial charge in [-0.15, -0.1) is 0 Å². The summed E-state index contributed by atoms with van der Waals surface area (Å²) in [7, 11) is 3.19. The first-order valence-electron chi connectivity index (χ1n) is 8.80. The first-order chi connectivity index (χ1) is 13.1. The standard InChI is InChI=1S/C20H23N3O4/c1-26-17-6-5-14(10-18(17)27-2)7-9-23-13-15(11-19(23)24)20(25)22-16-4-3-8-21-12-16/h3-6,8,10,12,15H,7,9,11,13H2,1-2H3,(H,22,25). The first-order valence-corrected chi connectivity index (χ1v) is 8.80. The molecule has 1 N–H and O–H groups in total. The smallest absolute Gasteiger partial charge is 0.229 e. The van der Waals surface area contributed by atoms with Crippen molar-refractivity contribution in [1.82, 2.24) is 9.88 Å². The molecule has 1 saturated heterocycles. The van der Waals surface area contributed by atoms with Crippen LogP contribution in [0.4, 0.5) is 5.69 Å². The van der Waals surface area contributed by atoms with Gasteiger partial charge in [0, 0.05) is 25.7 Å². The highest BCUT2D eigenvalue weighted by molar-refractivity contribution is 5.97. The van der Waals surface area contributed by atoms with Crippen LogP contribution in [0.25, 0.3) is 0 Å². The zero-order valence-corrected chi connectivity index (χ0v) is 15.5. The molecule has 1 aliphatic heterocycles. The third-order valence-electron chi connectivity index (χ3n) is 4.63. The highest BCUT2D eigenvalue weighted by Gasteiger charge is 2.34. The number of amides is 2. The number of hydrogen-bond donors (Lipinski definition) is 1. The Labute approximate surface area is 158 Å². The summed E-state index contributed by atoms with van der Waals surface area (Å²) in [6.07, 6.45) is 4.15. The van der Waals surface area contributed by atoms with Gasteiger partial charge < -0.3 is 19.7 Å². The number of carbonyl (C=O) groups excluding carboxylic acids is 2. The zero-order valence-electron chi connectivity index (χ0n) is 15.5. The Morgan fingerprint density at radius 2 is 2.07 bits per heavy atom. The number of pyridine rings is 1. The number of benzene rings is 1. The van der Waals surface area contributed by atoms with E-state index < -0.39 is 0 Å². The number of aromatic nitrogens is 1. The summed E-state index contributed by atoms with van der Waals surface area (Å²) in [4.78, 5) is 30.4. The van der Waals surface area contributed by atoms with Gasteiger partial charge in [-0.05, 0) is 36.2 Å². The lowest BCUT2D eigenvalue weighted by atomic mass is 10.1. The molecule has 27 heavy (non-hydrogen) atoms. The van der Waals surface area contributed by atoms with Crippen molar-refractivity contribution in [3.63, 3.8) is 0 Å². The minimum Gasteiger partial charge on any atom is -0.493 e. The monoisotopic (exact) mass is 369 g/mol. The lowest BCUT2D eigenvalue weighted by molar-refractivity contribution is -0.128. The Morgan fingerprint density at radius 1 is 1.26 bits per heavy atom. The Kier molecular flexibility index (Phi) is 5.90. The number of carbonyl (C=O) groups is 2. The van der Waals surface area contributed by atoms with Crippen LogP contribution in [0.5, 0.6) is 11.5 Å². The molecule has 0 saturated carbocycles. The average Bonchev–Trinajstić information content (AvgIpc) is 3.07. The minimum atomic E-state index is -0.344. The van der Waals surface area contributed by atoms with Gasteiger partial charge in [0.2, 0.25) is 11.8 Å². The van der Waals surface area contributed by atoms with Crippen LogP contribution in [0.15, 0.2) is 42.7 Å². The van der Waals surface area contributed by atoms with E-state index >= 15 is 0 Å². The minimum absolute atomic E-state index is 0.00168. The van der Waals surface area contributed by atoms with Crippen LogP contribution >= 0.6 is 0 Å². The molecule has 2 aromatic rings. The second-order valence-corrected chi connectivity index (χ2v) is 6.41. The molecule has 1 atom stereocenters. The molecular weight excluding hydrogens is 346 g/mol. The Morgan fingerprint density at radius 3 is 2.78 bits per heavy atom. The van der Waals surface area contributed by atoms with Gasteiger partial charge in [-0.2, -0.15) is 0 Å². The van der Waals surface area contributed by atoms with E-state index in [9.17, 15) is 9.59 Å². The van der Waals surface area contributed by atoms with E-state index in [1.807, 2.05) is 18.2 Å². The van der Waals surface area contributed by atoms with Crippen molar-refractivity contribution >= 4 is 17.5 Å². The van der Waals surface area contributed by atoms with Gasteiger partial charge in [0.15, 0.2) is 11.5 Å². The fourth-order valence-electron chi connectivity index (χ4n) is 3.15. The predicted molar refractivity (Wildman–Crippen MR) is 101 cm³/mol. The van der Waals surface area contributed by atoms with Crippen molar-refractivity contribution in [2.24, 2.45) is 5.92 Å². The molecule has 7 heteroatoms. The molecular formula is C20H23N3O4. The predicted octanol–water partition coefficient (Wildman–Crippen LogP) is 2.13. The molecule has 0 spiro atoms. The van der Waals surface area contributed by atoms with Crippen LogP contribution in [0.2, 0.25) is 0 Å². The fourth-order valence-corrected chi connectivity index (χ4v) is 3.15. The zero-order chi connectivity index (χ0) is 19.2. The molecule has 0 bridgehead atoms. The van der Waals surface area contributed by atoms with Crippen molar-refractivity contribution < 1.29 is 19.1 Å². The molecule has 1 aromatic carbocycles. The maximum absolute atomic E-state index is 12.4. The van der Waals surface area contributed by atoms with Crippen LogP contribution in [0, 0.1) is 5.92 Å². The van der Waals surface area contributed by atoms with E-state index in [4.69, 9.17) is 9.47 Å². The van der Waals surface area contributed by atoms with E-state index in [2.05, 4.69) is 10.3 Å². The van der Waals surface area contributed by atoms with Gasteiger partial charge in [-0.1, -0.05) is 6.07 Å². The maximum atomic E-state index is 12.4. The summed E-state index contributed by atoms with van der Waals surface area (Å²) >= 11 is 0. The van der Waals surface area contributed by atoms with E-state index in [0.29, 0.717) is 36.7 Å². The number of likely N-dealkylation sites (tertiary alicyclic amines) is 1. The van der Waals surface area contributed by atoms with E-state index in [1.54, 1.807) is 43.6 Å². The Hall–Kier alpha value is -3.09. The Balaban J connectivity index is 1.56. The average molecular weight is 369 g/mol. The summed E-state index contributed by atoms with van der Waals surface area (Å²) in [5, 5.41) is 2.82. The van der Waals surface area contributed by atoms with E-state index in [1.165, 1.54) is 0 Å². The molecule has 2 heterocycles. The molecule has 0 radical (unpaired) electrons. The maximum Gasteiger partial charge on any atom is 0.229 e. The molecule has 142 valence electrons. The summed E-state index contributed by atoms with van der Waals surface area (Å²) in [6, 6.07) is 9.24. The van der Waals surface area contributed by atoms with Gasteiger partial charge >= 0.3 is 0 Å². The lowest BCUT2D eigenvalue weighted by Gasteiger charge is -2.17. The van der Waals surface area contributed by atoms with Crippen LogP contribution in [-0.2, 0) is 16.0 Å². The lowest BCUT2D eigenvalue weighted by Crippen LogP contribution is -2.30. The molecule has 2 amide bonds. The largest absolute Gasteiger partial charge is 0.493 e. The van der Waals surface area contributed by atoms with Crippen molar-refractivity contribution in [3.8, 4) is 11.5 Å². The summed E-state index contributed by atoms with van der Waals surface area (Å²) in [5.74, 6) is 0.844. The van der Waals surface area contributed by atoms with Gasteiger partial charge in [-0.25, -0.2) is 0 Å². The molecule has 1 unspecified atom stereocenters. The van der Waals surface area contributed by atoms with Crippen molar-refractivity contribution in [1.29, 1.82) is 0 Å². The van der Waals surface area contributed by atoms with Crippen molar-refractivity contribution in [3.05, 3.63) is 48.3 Å². The van der Waals surface area contributed by atoms with Gasteiger partial charge in [0.05, 0.1) is 32.0 Å². The van der Waals surface area contributed by atoms with Crippen LogP contribution in [-0.4, -0.2) is 49.0 Å². The first kappa shape index (κ1) is 18.7. The number of hydrogen-bond acceptors (Lipinski definition) is 5. The van der Waals surface area contributed by atoms with E-state index in [-0.39, 0.29) is 24.2 Å². The molecule has 1 aromatic heterocycles. The molecule has 0 aliphatic carbocycles. The second kappa shape index (κ2) is 8.53. The number of ether oxygens (including phenoxy) is 2. The van der Waals surface area contributed by atoms with Crippen LogP contribution in [0.3, 0.4) is 0 Å². The molecule has 1 aliphatic rings. The van der Waals surface area contributed by atoms with Gasteiger partial charge in [0.1, 0.15) is 0 Å². The summed E-state index contributed by atoms with van der Waals surface area (Å²) in [5.41, 5.74) is 1.68. The van der Waals surface area contributed by atoms with E-state index in [0.717, 1.165) is 5.56 Å². The van der Waals surface area contributed by atoms with Crippen LogP contribution < -0.4 is 14.8 Å². The highest BCUT2D eigenvalue weighted by Crippen LogP contribution is 2.28. The third kappa shape index (κ3) is 4.55. The fraction of sp³-hybridized carbons (Fsp3) is 0.350. The molecule has 3 rings (SSSR count). The molecule has 1 fully saturated rings. The second-order valence-electron chi connectivity index (χ2n) is 6.41. The van der Waals surface area contributed by atoms with Gasteiger partial charge in [-0.3, -0.25) is 14.6 Å². The van der Waals surface area contributed by atoms with Gasteiger partial charge in [0.25, 0.3) is 0 Å².